The Bertz CT molecular complexity index is 873. The molecule has 9 heteroatoms. The number of aromatic nitrogens is 4. The second-order valence-corrected chi connectivity index (χ2v) is 6.26. The first-order valence-electron chi connectivity index (χ1n) is 7.17. The highest BCUT2D eigenvalue weighted by Gasteiger charge is 2.27. The third-order valence-corrected chi connectivity index (χ3v) is 4.78. The zero-order valence-corrected chi connectivity index (χ0v) is 13.3. The van der Waals surface area contributed by atoms with Crippen LogP contribution in [-0.4, -0.2) is 45.3 Å². The molecule has 0 spiro atoms. The van der Waals surface area contributed by atoms with Crippen LogP contribution in [0, 0.1) is 0 Å². The summed E-state index contributed by atoms with van der Waals surface area (Å²) in [6.45, 7) is 1.50. The first-order valence-corrected chi connectivity index (χ1v) is 8.05. The van der Waals surface area contributed by atoms with Crippen molar-refractivity contribution in [3.8, 4) is 0 Å². The van der Waals surface area contributed by atoms with Gasteiger partial charge in [-0.25, -0.2) is 0 Å². The maximum Gasteiger partial charge on any atom is 0.247 e. The van der Waals surface area contributed by atoms with Crippen molar-refractivity contribution in [2.24, 2.45) is 7.05 Å². The topological polar surface area (TPSA) is 93.2 Å². The summed E-state index contributed by atoms with van der Waals surface area (Å²) in [5.41, 5.74) is 6.66. The molecule has 0 aliphatic carbocycles. The molecule has 1 amide bonds. The number of anilines is 3. The lowest BCUT2D eigenvalue weighted by atomic mass is 10.3. The summed E-state index contributed by atoms with van der Waals surface area (Å²) in [5.74, 6) is 0.884. The molecule has 118 valence electrons. The van der Waals surface area contributed by atoms with Crippen molar-refractivity contribution in [1.82, 2.24) is 19.7 Å². The van der Waals surface area contributed by atoms with Crippen LogP contribution in [0.4, 0.5) is 16.8 Å². The Balaban J connectivity index is 1.63. The summed E-state index contributed by atoms with van der Waals surface area (Å²) in [6, 6.07) is 3.90. The molecule has 0 aromatic carbocycles. The Labute approximate surface area is 136 Å². The zero-order chi connectivity index (χ0) is 16.0. The Hall–Kier alpha value is -2.68. The molecular formula is C14H15N7OS. The van der Waals surface area contributed by atoms with E-state index in [0.717, 1.165) is 10.4 Å². The molecule has 0 bridgehead atoms. The average Bonchev–Trinajstić information content (AvgIpc) is 3.18. The van der Waals surface area contributed by atoms with Crippen LogP contribution in [-0.2, 0) is 11.8 Å². The number of thiophene rings is 1. The summed E-state index contributed by atoms with van der Waals surface area (Å²) in [6.07, 6.45) is 1.65. The van der Waals surface area contributed by atoms with Crippen molar-refractivity contribution < 1.29 is 4.79 Å². The van der Waals surface area contributed by atoms with Gasteiger partial charge in [-0.3, -0.25) is 9.48 Å². The minimum absolute atomic E-state index is 0.0333. The van der Waals surface area contributed by atoms with E-state index in [4.69, 9.17) is 5.73 Å². The van der Waals surface area contributed by atoms with Crippen molar-refractivity contribution in [2.75, 3.05) is 35.2 Å². The normalized spacial score (nSPS) is 15.6. The molecule has 1 aliphatic rings. The quantitative estimate of drug-likeness (QED) is 0.749. The summed E-state index contributed by atoms with van der Waals surface area (Å²) in [7, 11) is 1.80. The van der Waals surface area contributed by atoms with Gasteiger partial charge in [0, 0.05) is 20.1 Å². The monoisotopic (exact) mass is 329 g/mol. The first kappa shape index (κ1) is 13.9. The number of amides is 1. The number of nitrogens with two attached hydrogens (primary N) is 1. The second kappa shape index (κ2) is 5.20. The fraction of sp³-hybridized carbons (Fsp3) is 0.286. The molecule has 23 heavy (non-hydrogen) atoms. The van der Waals surface area contributed by atoms with Crippen LogP contribution in [0.15, 0.2) is 23.7 Å². The van der Waals surface area contributed by atoms with Gasteiger partial charge in [-0.1, -0.05) is 0 Å². The average molecular weight is 329 g/mol. The Morgan fingerprint density at radius 2 is 2.17 bits per heavy atom. The number of fused-ring (bicyclic) bond motifs is 1. The molecule has 4 heterocycles. The van der Waals surface area contributed by atoms with E-state index in [2.05, 4.69) is 15.1 Å². The number of aryl methyl sites for hydroxylation is 1. The maximum absolute atomic E-state index is 12.4. The summed E-state index contributed by atoms with van der Waals surface area (Å²) in [5, 5.41) is 7.80. The molecule has 1 aliphatic heterocycles. The van der Waals surface area contributed by atoms with Gasteiger partial charge in [-0.2, -0.15) is 15.1 Å². The largest absolute Gasteiger partial charge is 0.383 e. The molecule has 3 aromatic heterocycles. The fourth-order valence-corrected chi connectivity index (χ4v) is 3.45. The molecule has 3 aromatic rings. The van der Waals surface area contributed by atoms with Gasteiger partial charge in [0.05, 0.1) is 16.6 Å². The molecule has 1 fully saturated rings. The predicted molar refractivity (Wildman–Crippen MR) is 89.6 cm³/mol. The van der Waals surface area contributed by atoms with Crippen molar-refractivity contribution in [1.29, 1.82) is 0 Å². The molecule has 0 atom stereocenters. The van der Waals surface area contributed by atoms with Gasteiger partial charge in [-0.15, -0.1) is 11.3 Å². The summed E-state index contributed by atoms with van der Waals surface area (Å²) in [4.78, 5) is 24.9. The highest BCUT2D eigenvalue weighted by atomic mass is 32.1. The Morgan fingerprint density at radius 3 is 2.91 bits per heavy atom. The Kier molecular flexibility index (Phi) is 3.15. The first-order chi connectivity index (χ1) is 11.1. The van der Waals surface area contributed by atoms with E-state index in [1.54, 1.807) is 34.2 Å². The number of nitrogen functional groups attached to an aromatic ring is 1. The number of nitrogens with zero attached hydrogens (tertiary/aromatic N) is 6. The molecule has 0 unspecified atom stereocenters. The van der Waals surface area contributed by atoms with Crippen LogP contribution in [0.5, 0.6) is 0 Å². The van der Waals surface area contributed by atoms with E-state index in [9.17, 15) is 4.79 Å². The van der Waals surface area contributed by atoms with Crippen LogP contribution in [0.1, 0.15) is 0 Å². The van der Waals surface area contributed by atoms with E-state index < -0.39 is 0 Å². The SMILES string of the molecule is Cn1ncc2c(N)nc(N3CCN(c4cccs4)C(=O)C3)nc21. The van der Waals surface area contributed by atoms with E-state index in [1.165, 1.54) is 0 Å². The number of hydrogen-bond donors (Lipinski definition) is 1. The van der Waals surface area contributed by atoms with Gasteiger partial charge < -0.3 is 15.5 Å². The third kappa shape index (κ3) is 2.29. The molecule has 0 radical (unpaired) electrons. The van der Waals surface area contributed by atoms with E-state index in [-0.39, 0.29) is 12.5 Å². The van der Waals surface area contributed by atoms with Crippen molar-refractivity contribution in [2.45, 2.75) is 0 Å². The van der Waals surface area contributed by atoms with Crippen molar-refractivity contribution in [3.63, 3.8) is 0 Å². The number of hydrogen-bond acceptors (Lipinski definition) is 7. The van der Waals surface area contributed by atoms with E-state index in [1.807, 2.05) is 22.4 Å². The minimum Gasteiger partial charge on any atom is -0.383 e. The van der Waals surface area contributed by atoms with Gasteiger partial charge in [0.2, 0.25) is 11.9 Å². The van der Waals surface area contributed by atoms with Gasteiger partial charge in [0.25, 0.3) is 0 Å². The molecule has 1 saturated heterocycles. The lowest BCUT2D eigenvalue weighted by molar-refractivity contribution is -0.117. The molecule has 8 nitrogen and oxygen atoms in total. The number of carbonyl (C=O) groups excluding carboxylic acids is 1. The van der Waals surface area contributed by atoms with Gasteiger partial charge in [0.15, 0.2) is 5.65 Å². The van der Waals surface area contributed by atoms with Gasteiger partial charge in [0.1, 0.15) is 12.4 Å². The van der Waals surface area contributed by atoms with Crippen LogP contribution in [0.2, 0.25) is 0 Å². The summed E-state index contributed by atoms with van der Waals surface area (Å²) < 4.78 is 1.65. The maximum atomic E-state index is 12.4. The minimum atomic E-state index is 0.0333. The Morgan fingerprint density at radius 1 is 1.30 bits per heavy atom. The van der Waals surface area contributed by atoms with Crippen molar-refractivity contribution in [3.05, 3.63) is 23.7 Å². The number of carbonyl (C=O) groups is 1. The predicted octanol–water partition coefficient (Wildman–Crippen LogP) is 0.860. The van der Waals surface area contributed by atoms with E-state index >= 15 is 0 Å². The molecule has 2 N–H and O–H groups in total. The zero-order valence-electron chi connectivity index (χ0n) is 12.5. The van der Waals surface area contributed by atoms with Crippen LogP contribution in [0.25, 0.3) is 11.0 Å². The van der Waals surface area contributed by atoms with Crippen LogP contribution in [0.3, 0.4) is 0 Å². The lowest BCUT2D eigenvalue weighted by Gasteiger charge is -2.33. The van der Waals surface area contributed by atoms with Gasteiger partial charge in [-0.05, 0) is 17.5 Å². The highest BCUT2D eigenvalue weighted by molar-refractivity contribution is 7.14. The molecule has 4 rings (SSSR count). The van der Waals surface area contributed by atoms with Gasteiger partial charge >= 0.3 is 0 Å². The summed E-state index contributed by atoms with van der Waals surface area (Å²) >= 11 is 1.56. The second-order valence-electron chi connectivity index (χ2n) is 5.33. The third-order valence-electron chi connectivity index (χ3n) is 3.89. The molecule has 0 saturated carbocycles. The highest BCUT2D eigenvalue weighted by Crippen LogP contribution is 2.25. The number of rotatable bonds is 2. The number of piperazine rings is 1. The standard InChI is InChI=1S/C14H15N7OS/c1-19-13-9(7-16-19)12(15)17-14(18-13)20-4-5-21(10(22)8-20)11-3-2-6-23-11/h2-3,6-7H,4-5,8H2,1H3,(H2,15,17,18). The van der Waals surface area contributed by atoms with Crippen LogP contribution < -0.4 is 15.5 Å². The van der Waals surface area contributed by atoms with E-state index in [0.29, 0.717) is 30.5 Å². The lowest BCUT2D eigenvalue weighted by Crippen LogP contribution is -2.51. The smallest absolute Gasteiger partial charge is 0.247 e. The fourth-order valence-electron chi connectivity index (χ4n) is 2.67. The van der Waals surface area contributed by atoms with Crippen LogP contribution >= 0.6 is 11.3 Å². The van der Waals surface area contributed by atoms with Crippen molar-refractivity contribution >= 4 is 45.0 Å². The molecular weight excluding hydrogens is 314 g/mol.